The van der Waals surface area contributed by atoms with Crippen LogP contribution in [0.4, 0.5) is 22.0 Å². The minimum absolute atomic E-state index is 0.0290. The van der Waals surface area contributed by atoms with Crippen molar-refractivity contribution in [2.75, 3.05) is 54.9 Å². The Bertz CT molecular complexity index is 1820. The Balaban J connectivity index is 1.07. The molecular formula is C34H33N7O4. The second-order valence-electron chi connectivity index (χ2n) is 11.2. The maximum atomic E-state index is 12.7. The van der Waals surface area contributed by atoms with Crippen molar-refractivity contribution in [3.05, 3.63) is 90.7 Å². The molecule has 2 fully saturated rings. The summed E-state index contributed by atoms with van der Waals surface area (Å²) in [5.74, 6) is 2.17. The van der Waals surface area contributed by atoms with Gasteiger partial charge < -0.3 is 35.3 Å². The standard InChI is InChI=1S/C34H33N7O4/c35-25-13-14-41(21-25)33(42)23-5-10-27(11-6-23)37-34(43)36-26-8-3-22(4-9-26)31-38-29-20-24(30-2-1-17-45-30)7-12-28(29)32(39-31)40-15-18-44-19-16-40/h1-12,17,20,25H,13-16,18-19,21,35H2,(H2,36,37,43)/t25-/m1/s1. The first-order valence-electron chi connectivity index (χ1n) is 15.0. The highest BCUT2D eigenvalue weighted by Crippen LogP contribution is 2.32. The molecule has 3 amide bonds. The number of likely N-dealkylation sites (tertiary alicyclic amines) is 1. The Labute approximate surface area is 260 Å². The number of aromatic nitrogens is 2. The molecule has 2 aliphatic rings. The number of carbonyl (C=O) groups excluding carboxylic acids is 2. The average molecular weight is 604 g/mol. The van der Waals surface area contributed by atoms with Gasteiger partial charge in [0.25, 0.3) is 5.91 Å². The van der Waals surface area contributed by atoms with E-state index < -0.39 is 6.03 Å². The van der Waals surface area contributed by atoms with Crippen LogP contribution in [0, 0.1) is 0 Å². The summed E-state index contributed by atoms with van der Waals surface area (Å²) in [7, 11) is 0. The molecule has 7 rings (SSSR count). The number of nitrogens with one attached hydrogen (secondary N) is 2. The number of urea groups is 1. The highest BCUT2D eigenvalue weighted by atomic mass is 16.5. The largest absolute Gasteiger partial charge is 0.464 e. The van der Waals surface area contributed by atoms with Gasteiger partial charge in [0.15, 0.2) is 5.82 Å². The summed E-state index contributed by atoms with van der Waals surface area (Å²) >= 11 is 0. The number of morpholine rings is 1. The van der Waals surface area contributed by atoms with Crippen molar-refractivity contribution >= 4 is 40.0 Å². The Morgan fingerprint density at radius 3 is 2.22 bits per heavy atom. The van der Waals surface area contributed by atoms with Gasteiger partial charge in [-0.05, 0) is 79.2 Å². The van der Waals surface area contributed by atoms with Crippen LogP contribution >= 0.6 is 0 Å². The van der Waals surface area contributed by atoms with Crippen LogP contribution < -0.4 is 21.3 Å². The SMILES string of the molecule is N[C@@H]1CCN(C(=O)c2ccc(NC(=O)Nc3ccc(-c4nc(N5CCOCC5)c5ccc(-c6ccco6)cc5n4)cc3)cc2)C1. The van der Waals surface area contributed by atoms with E-state index in [1.807, 2.05) is 54.6 Å². The third-order valence-electron chi connectivity index (χ3n) is 8.10. The van der Waals surface area contributed by atoms with Crippen LogP contribution in [0.15, 0.2) is 89.5 Å². The molecule has 4 N–H and O–H groups in total. The lowest BCUT2D eigenvalue weighted by molar-refractivity contribution is 0.0791. The zero-order chi connectivity index (χ0) is 30.8. The van der Waals surface area contributed by atoms with Crippen molar-refractivity contribution in [3.8, 4) is 22.7 Å². The minimum Gasteiger partial charge on any atom is -0.464 e. The van der Waals surface area contributed by atoms with E-state index in [-0.39, 0.29) is 11.9 Å². The highest BCUT2D eigenvalue weighted by Gasteiger charge is 2.24. The predicted octanol–water partition coefficient (Wildman–Crippen LogP) is 5.21. The van der Waals surface area contributed by atoms with E-state index in [1.54, 1.807) is 35.4 Å². The third kappa shape index (κ3) is 6.21. The molecule has 4 heterocycles. The second kappa shape index (κ2) is 12.4. The number of nitrogens with zero attached hydrogens (tertiary/aromatic N) is 4. The maximum absolute atomic E-state index is 12.7. The van der Waals surface area contributed by atoms with E-state index in [0.29, 0.717) is 49.1 Å². The molecule has 228 valence electrons. The van der Waals surface area contributed by atoms with Gasteiger partial charge >= 0.3 is 6.03 Å². The average Bonchev–Trinajstić information content (AvgIpc) is 3.77. The van der Waals surface area contributed by atoms with Crippen molar-refractivity contribution in [1.82, 2.24) is 14.9 Å². The van der Waals surface area contributed by atoms with Crippen LogP contribution in [0.5, 0.6) is 0 Å². The van der Waals surface area contributed by atoms with Crippen LogP contribution in [0.1, 0.15) is 16.8 Å². The maximum Gasteiger partial charge on any atom is 0.323 e. The van der Waals surface area contributed by atoms with E-state index in [9.17, 15) is 9.59 Å². The quantitative estimate of drug-likeness (QED) is 0.240. The van der Waals surface area contributed by atoms with Gasteiger partial charge in [0, 0.05) is 65.7 Å². The first kappa shape index (κ1) is 28.5. The summed E-state index contributed by atoms with van der Waals surface area (Å²) in [6.07, 6.45) is 2.47. The van der Waals surface area contributed by atoms with Crippen LogP contribution in [-0.2, 0) is 4.74 Å². The number of fused-ring (bicyclic) bond motifs is 1. The summed E-state index contributed by atoms with van der Waals surface area (Å²) in [6.45, 7) is 4.00. The molecule has 0 unspecified atom stereocenters. The van der Waals surface area contributed by atoms with Crippen LogP contribution in [-0.4, -0.2) is 72.2 Å². The Hall–Kier alpha value is -5.26. The first-order valence-corrected chi connectivity index (χ1v) is 15.0. The minimum atomic E-state index is -0.394. The molecule has 0 radical (unpaired) electrons. The fourth-order valence-corrected chi connectivity index (χ4v) is 5.70. The number of amides is 3. The summed E-state index contributed by atoms with van der Waals surface area (Å²) < 4.78 is 11.2. The van der Waals surface area contributed by atoms with Crippen molar-refractivity contribution < 1.29 is 18.7 Å². The number of benzene rings is 3. The van der Waals surface area contributed by atoms with Gasteiger partial charge in [0.2, 0.25) is 0 Å². The van der Waals surface area contributed by atoms with Gasteiger partial charge in [-0.2, -0.15) is 0 Å². The van der Waals surface area contributed by atoms with Gasteiger partial charge in [-0.3, -0.25) is 4.79 Å². The van der Waals surface area contributed by atoms with E-state index in [2.05, 4.69) is 15.5 Å². The Morgan fingerprint density at radius 2 is 1.56 bits per heavy atom. The summed E-state index contributed by atoms with van der Waals surface area (Å²) in [6, 6.07) is 23.8. The lowest BCUT2D eigenvalue weighted by Crippen LogP contribution is -2.37. The Morgan fingerprint density at radius 1 is 0.844 bits per heavy atom. The molecule has 0 aliphatic carbocycles. The predicted molar refractivity (Wildman–Crippen MR) is 173 cm³/mol. The fourth-order valence-electron chi connectivity index (χ4n) is 5.70. The molecule has 11 nitrogen and oxygen atoms in total. The molecule has 1 atom stereocenters. The fraction of sp³-hybridized carbons (Fsp3) is 0.235. The zero-order valence-electron chi connectivity index (χ0n) is 24.6. The van der Waals surface area contributed by atoms with E-state index in [0.717, 1.165) is 53.1 Å². The van der Waals surface area contributed by atoms with E-state index >= 15 is 0 Å². The highest BCUT2D eigenvalue weighted by molar-refractivity contribution is 6.01. The number of carbonyl (C=O) groups is 2. The number of hydrogen-bond acceptors (Lipinski definition) is 8. The van der Waals surface area contributed by atoms with Crippen molar-refractivity contribution in [3.63, 3.8) is 0 Å². The van der Waals surface area contributed by atoms with Gasteiger partial charge in [0.05, 0.1) is 25.0 Å². The molecule has 3 aromatic carbocycles. The van der Waals surface area contributed by atoms with Gasteiger partial charge in [0.1, 0.15) is 11.6 Å². The number of hydrogen-bond donors (Lipinski definition) is 3. The number of anilines is 3. The molecule has 0 bridgehead atoms. The number of furan rings is 1. The zero-order valence-corrected chi connectivity index (χ0v) is 24.6. The molecule has 2 aliphatic heterocycles. The van der Waals surface area contributed by atoms with E-state index in [1.165, 1.54) is 0 Å². The van der Waals surface area contributed by atoms with Gasteiger partial charge in [-0.25, -0.2) is 14.8 Å². The molecule has 11 heteroatoms. The van der Waals surface area contributed by atoms with Crippen molar-refractivity contribution in [2.45, 2.75) is 12.5 Å². The molecule has 0 spiro atoms. The van der Waals surface area contributed by atoms with Crippen LogP contribution in [0.25, 0.3) is 33.6 Å². The van der Waals surface area contributed by atoms with Gasteiger partial charge in [-0.15, -0.1) is 0 Å². The smallest absolute Gasteiger partial charge is 0.323 e. The third-order valence-corrected chi connectivity index (χ3v) is 8.10. The molecule has 5 aromatic rings. The lowest BCUT2D eigenvalue weighted by Gasteiger charge is -2.29. The normalized spacial score (nSPS) is 16.6. The molecule has 0 saturated carbocycles. The van der Waals surface area contributed by atoms with Crippen molar-refractivity contribution in [2.24, 2.45) is 5.73 Å². The van der Waals surface area contributed by atoms with Crippen molar-refractivity contribution in [1.29, 1.82) is 0 Å². The summed E-state index contributed by atoms with van der Waals surface area (Å²) in [5, 5.41) is 6.64. The van der Waals surface area contributed by atoms with E-state index in [4.69, 9.17) is 24.9 Å². The molecule has 2 aromatic heterocycles. The monoisotopic (exact) mass is 603 g/mol. The molecule has 45 heavy (non-hydrogen) atoms. The number of rotatable bonds is 6. The lowest BCUT2D eigenvalue weighted by atomic mass is 10.1. The van der Waals surface area contributed by atoms with Gasteiger partial charge in [-0.1, -0.05) is 6.07 Å². The number of nitrogens with two attached hydrogens (primary N) is 1. The topological polar surface area (TPSA) is 139 Å². The summed E-state index contributed by atoms with van der Waals surface area (Å²) in [5.41, 5.74) is 10.3. The molecule has 2 saturated heterocycles. The summed E-state index contributed by atoms with van der Waals surface area (Å²) in [4.78, 5) is 39.3. The number of ether oxygens (including phenoxy) is 1. The van der Waals surface area contributed by atoms with Crippen LogP contribution in [0.2, 0.25) is 0 Å². The van der Waals surface area contributed by atoms with Crippen LogP contribution in [0.3, 0.4) is 0 Å². The second-order valence-corrected chi connectivity index (χ2v) is 11.2. The first-order chi connectivity index (χ1) is 22.0. The molecular weight excluding hydrogens is 570 g/mol. The Kier molecular flexibility index (Phi) is 7.85.